The van der Waals surface area contributed by atoms with Crippen molar-refractivity contribution in [1.29, 1.82) is 0 Å². The standard InChI is InChI=1S/C20H17FN2O4S/c1-14-2-9-18(27-14)10-13-20(24)22-16-5-7-17(8-6-16)23-28(25,26)19-11-3-15(21)4-12-19/h2-13,23H,1H3,(H,22,24)/b13-10+. The van der Waals surface area contributed by atoms with Gasteiger partial charge in [0.05, 0.1) is 4.90 Å². The highest BCUT2D eigenvalue weighted by molar-refractivity contribution is 7.92. The lowest BCUT2D eigenvalue weighted by molar-refractivity contribution is -0.111. The van der Waals surface area contributed by atoms with Gasteiger partial charge in [0.1, 0.15) is 17.3 Å². The van der Waals surface area contributed by atoms with Gasteiger partial charge in [-0.3, -0.25) is 9.52 Å². The van der Waals surface area contributed by atoms with Crippen LogP contribution in [0.25, 0.3) is 6.08 Å². The van der Waals surface area contributed by atoms with Crippen molar-refractivity contribution >= 4 is 33.4 Å². The number of benzene rings is 2. The normalized spacial score (nSPS) is 11.5. The summed E-state index contributed by atoms with van der Waals surface area (Å²) in [5, 5.41) is 2.66. The molecule has 0 saturated heterocycles. The molecule has 6 nitrogen and oxygen atoms in total. The molecule has 0 fully saturated rings. The molecule has 0 radical (unpaired) electrons. The summed E-state index contributed by atoms with van der Waals surface area (Å²) in [5.41, 5.74) is 0.805. The molecule has 0 saturated carbocycles. The zero-order valence-electron chi connectivity index (χ0n) is 14.8. The number of rotatable bonds is 6. The molecule has 0 unspecified atom stereocenters. The van der Waals surface area contributed by atoms with Crippen molar-refractivity contribution < 1.29 is 22.0 Å². The number of amides is 1. The number of carbonyl (C=O) groups excluding carboxylic acids is 1. The summed E-state index contributed by atoms with van der Waals surface area (Å²) in [6, 6.07) is 14.2. The molecule has 0 spiro atoms. The van der Waals surface area contributed by atoms with Crippen LogP contribution in [-0.2, 0) is 14.8 Å². The van der Waals surface area contributed by atoms with Gasteiger partial charge in [0.2, 0.25) is 5.91 Å². The van der Waals surface area contributed by atoms with E-state index in [1.807, 2.05) is 6.92 Å². The van der Waals surface area contributed by atoms with Crippen LogP contribution in [0.3, 0.4) is 0 Å². The molecular formula is C20H17FN2O4S. The molecule has 8 heteroatoms. The molecule has 1 amide bonds. The highest BCUT2D eigenvalue weighted by Gasteiger charge is 2.14. The Balaban J connectivity index is 1.62. The zero-order chi connectivity index (χ0) is 20.1. The fourth-order valence-electron chi connectivity index (χ4n) is 2.33. The van der Waals surface area contributed by atoms with Crippen LogP contribution in [0.5, 0.6) is 0 Å². The number of hydrogen-bond donors (Lipinski definition) is 2. The lowest BCUT2D eigenvalue weighted by Gasteiger charge is -2.09. The van der Waals surface area contributed by atoms with Crippen molar-refractivity contribution in [1.82, 2.24) is 0 Å². The van der Waals surface area contributed by atoms with Gasteiger partial charge in [-0.25, -0.2) is 12.8 Å². The van der Waals surface area contributed by atoms with E-state index >= 15 is 0 Å². The van der Waals surface area contributed by atoms with Crippen LogP contribution in [0, 0.1) is 12.7 Å². The smallest absolute Gasteiger partial charge is 0.261 e. The molecule has 0 atom stereocenters. The fourth-order valence-corrected chi connectivity index (χ4v) is 3.39. The van der Waals surface area contributed by atoms with Gasteiger partial charge in [-0.15, -0.1) is 0 Å². The van der Waals surface area contributed by atoms with Crippen molar-refractivity contribution in [3.63, 3.8) is 0 Å². The molecule has 3 rings (SSSR count). The van der Waals surface area contributed by atoms with Crippen molar-refractivity contribution in [2.45, 2.75) is 11.8 Å². The largest absolute Gasteiger partial charge is 0.462 e. The summed E-state index contributed by atoms with van der Waals surface area (Å²) in [4.78, 5) is 11.9. The van der Waals surface area contributed by atoms with Gasteiger partial charge in [0, 0.05) is 17.5 Å². The minimum atomic E-state index is -3.83. The van der Waals surface area contributed by atoms with Crippen LogP contribution >= 0.6 is 0 Å². The van der Waals surface area contributed by atoms with Crippen LogP contribution in [0.1, 0.15) is 11.5 Å². The van der Waals surface area contributed by atoms with E-state index in [0.717, 1.165) is 17.9 Å². The first-order valence-corrected chi connectivity index (χ1v) is 9.74. The van der Waals surface area contributed by atoms with E-state index < -0.39 is 15.8 Å². The first-order valence-electron chi connectivity index (χ1n) is 8.26. The highest BCUT2D eigenvalue weighted by Crippen LogP contribution is 2.19. The van der Waals surface area contributed by atoms with Crippen LogP contribution in [0.15, 0.2) is 76.1 Å². The third-order valence-electron chi connectivity index (χ3n) is 3.69. The van der Waals surface area contributed by atoms with Crippen molar-refractivity contribution in [3.05, 3.63) is 84.1 Å². The summed E-state index contributed by atoms with van der Waals surface area (Å²) in [6.07, 6.45) is 2.89. The minimum Gasteiger partial charge on any atom is -0.462 e. The quantitative estimate of drug-likeness (QED) is 0.608. The monoisotopic (exact) mass is 400 g/mol. The molecular weight excluding hydrogens is 383 g/mol. The average molecular weight is 400 g/mol. The van der Waals surface area contributed by atoms with Crippen molar-refractivity contribution in [3.8, 4) is 0 Å². The predicted molar refractivity (Wildman–Crippen MR) is 105 cm³/mol. The number of aryl methyl sites for hydroxylation is 1. The number of halogens is 1. The Hall–Kier alpha value is -3.39. The topological polar surface area (TPSA) is 88.4 Å². The number of furan rings is 1. The van der Waals surface area contributed by atoms with E-state index in [1.165, 1.54) is 30.3 Å². The molecule has 0 aliphatic carbocycles. The first kappa shape index (κ1) is 19.4. The SMILES string of the molecule is Cc1ccc(/C=C/C(=O)Nc2ccc(NS(=O)(=O)c3ccc(F)cc3)cc2)o1. The summed E-state index contributed by atoms with van der Waals surface area (Å²) in [7, 11) is -3.83. The lowest BCUT2D eigenvalue weighted by Crippen LogP contribution is -2.13. The first-order chi connectivity index (χ1) is 13.3. The molecule has 1 heterocycles. The molecule has 28 heavy (non-hydrogen) atoms. The number of nitrogens with one attached hydrogen (secondary N) is 2. The number of hydrogen-bond acceptors (Lipinski definition) is 4. The lowest BCUT2D eigenvalue weighted by atomic mass is 10.3. The van der Waals surface area contributed by atoms with Gasteiger partial charge in [0.15, 0.2) is 0 Å². The Labute approximate surface area is 161 Å². The third kappa shape index (κ3) is 5.08. The maximum absolute atomic E-state index is 12.9. The Morgan fingerprint density at radius 1 is 0.964 bits per heavy atom. The van der Waals surface area contributed by atoms with E-state index in [4.69, 9.17) is 4.42 Å². The summed E-state index contributed by atoms with van der Waals surface area (Å²) in [6.45, 7) is 1.81. The molecule has 2 N–H and O–H groups in total. The number of anilines is 2. The third-order valence-corrected chi connectivity index (χ3v) is 5.09. The van der Waals surface area contributed by atoms with Gasteiger partial charge in [-0.1, -0.05) is 0 Å². The summed E-state index contributed by atoms with van der Waals surface area (Å²) in [5.74, 6) is 0.445. The maximum atomic E-state index is 12.9. The Bertz CT molecular complexity index is 1100. The van der Waals surface area contributed by atoms with Crippen LogP contribution in [-0.4, -0.2) is 14.3 Å². The molecule has 0 aliphatic heterocycles. The van der Waals surface area contributed by atoms with Crippen LogP contribution < -0.4 is 10.0 Å². The van der Waals surface area contributed by atoms with E-state index in [1.54, 1.807) is 30.3 Å². The predicted octanol–water partition coefficient (Wildman–Crippen LogP) is 4.18. The van der Waals surface area contributed by atoms with E-state index in [2.05, 4.69) is 10.0 Å². The summed E-state index contributed by atoms with van der Waals surface area (Å²) < 4.78 is 45.2. The maximum Gasteiger partial charge on any atom is 0.261 e. The van der Waals surface area contributed by atoms with E-state index in [9.17, 15) is 17.6 Å². The Kier molecular flexibility index (Phi) is 5.60. The number of carbonyl (C=O) groups is 1. The second-order valence-corrected chi connectivity index (χ2v) is 7.59. The second-order valence-electron chi connectivity index (χ2n) is 5.91. The molecule has 1 aromatic heterocycles. The molecule has 3 aromatic rings. The van der Waals surface area contributed by atoms with E-state index in [0.29, 0.717) is 17.1 Å². The Morgan fingerprint density at radius 3 is 2.21 bits per heavy atom. The van der Waals surface area contributed by atoms with Crippen LogP contribution in [0.2, 0.25) is 0 Å². The fraction of sp³-hybridized carbons (Fsp3) is 0.0500. The number of sulfonamides is 1. The molecule has 2 aromatic carbocycles. The molecule has 0 bridgehead atoms. The molecule has 144 valence electrons. The van der Waals surface area contributed by atoms with Gasteiger partial charge in [0.25, 0.3) is 10.0 Å². The van der Waals surface area contributed by atoms with Gasteiger partial charge >= 0.3 is 0 Å². The van der Waals surface area contributed by atoms with Gasteiger partial charge in [-0.05, 0) is 73.7 Å². The van der Waals surface area contributed by atoms with Crippen molar-refractivity contribution in [2.24, 2.45) is 0 Å². The van der Waals surface area contributed by atoms with Gasteiger partial charge < -0.3 is 9.73 Å². The summed E-state index contributed by atoms with van der Waals surface area (Å²) >= 11 is 0. The Morgan fingerprint density at radius 2 is 1.61 bits per heavy atom. The zero-order valence-corrected chi connectivity index (χ0v) is 15.7. The average Bonchev–Trinajstić information content (AvgIpc) is 3.07. The van der Waals surface area contributed by atoms with Crippen molar-refractivity contribution in [2.75, 3.05) is 10.0 Å². The van der Waals surface area contributed by atoms with E-state index in [-0.39, 0.29) is 10.8 Å². The molecule has 0 aliphatic rings. The van der Waals surface area contributed by atoms with Crippen LogP contribution in [0.4, 0.5) is 15.8 Å². The second kappa shape index (κ2) is 8.10. The highest BCUT2D eigenvalue weighted by atomic mass is 32.2. The van der Waals surface area contributed by atoms with Gasteiger partial charge in [-0.2, -0.15) is 0 Å². The minimum absolute atomic E-state index is 0.0513.